The zero-order valence-corrected chi connectivity index (χ0v) is 19.9. The number of fused-ring (bicyclic) bond motifs is 1. The molecule has 178 valence electrons. The first-order valence-electron chi connectivity index (χ1n) is 13.2. The van der Waals surface area contributed by atoms with Gasteiger partial charge >= 0.3 is 0 Å². The zero-order valence-electron chi connectivity index (χ0n) is 19.9. The van der Waals surface area contributed by atoms with Crippen LogP contribution < -0.4 is 10.1 Å². The fourth-order valence-electron chi connectivity index (χ4n) is 5.87. The lowest BCUT2D eigenvalue weighted by molar-refractivity contribution is 0.0783. The summed E-state index contributed by atoms with van der Waals surface area (Å²) in [5.74, 6) is 1.69. The van der Waals surface area contributed by atoms with Crippen LogP contribution in [0.3, 0.4) is 0 Å². The molecule has 0 saturated carbocycles. The third-order valence-corrected chi connectivity index (χ3v) is 7.82. The molecule has 1 N–H and O–H groups in total. The number of hydrogen-bond donors (Lipinski definition) is 1. The first-order chi connectivity index (χ1) is 16.3. The molecule has 3 fully saturated rings. The fraction of sp³-hybridized carbons (Fsp3) is 0.607. The molecule has 0 aromatic heterocycles. The van der Waals surface area contributed by atoms with E-state index in [1.807, 2.05) is 18.2 Å². The van der Waals surface area contributed by atoms with Crippen molar-refractivity contribution in [2.75, 3.05) is 45.9 Å². The van der Waals surface area contributed by atoms with Crippen LogP contribution in [0.15, 0.2) is 36.4 Å². The maximum absolute atomic E-state index is 13.2. The summed E-state index contributed by atoms with van der Waals surface area (Å²) in [6, 6.07) is 12.9. The molecule has 0 spiro atoms. The minimum absolute atomic E-state index is 0.174. The van der Waals surface area contributed by atoms with Crippen molar-refractivity contribution >= 4 is 16.7 Å². The van der Waals surface area contributed by atoms with Gasteiger partial charge < -0.3 is 19.9 Å². The minimum Gasteiger partial charge on any atom is -0.494 e. The predicted octanol–water partition coefficient (Wildman–Crippen LogP) is 4.70. The lowest BCUT2D eigenvalue weighted by Crippen LogP contribution is -2.41. The van der Waals surface area contributed by atoms with Crippen LogP contribution in [0.2, 0.25) is 0 Å². The average Bonchev–Trinajstić information content (AvgIpc) is 3.37. The molecule has 2 aromatic rings. The van der Waals surface area contributed by atoms with Crippen LogP contribution in [0.4, 0.5) is 0 Å². The van der Waals surface area contributed by atoms with E-state index in [1.54, 1.807) is 0 Å². The Labute approximate surface area is 198 Å². The van der Waals surface area contributed by atoms with Crippen molar-refractivity contribution in [1.29, 1.82) is 0 Å². The van der Waals surface area contributed by atoms with Gasteiger partial charge in [0.25, 0.3) is 5.91 Å². The standard InChI is InChI=1S/C28H39N3O2/c32-28(31-17-12-25(21-31)27-7-2-3-13-29-27)24-9-8-23-20-26(11-10-22(23)19-24)33-18-6-16-30-14-4-1-5-15-30/h8-11,19-20,25,27,29H,1-7,12-18,21H2. The quantitative estimate of drug-likeness (QED) is 0.623. The number of benzene rings is 2. The molecule has 2 aromatic carbocycles. The Balaban J connectivity index is 1.14. The second-order valence-corrected chi connectivity index (χ2v) is 10.2. The highest BCUT2D eigenvalue weighted by Gasteiger charge is 2.32. The van der Waals surface area contributed by atoms with Gasteiger partial charge in [-0.2, -0.15) is 0 Å². The van der Waals surface area contributed by atoms with E-state index in [1.165, 1.54) is 51.6 Å². The maximum Gasteiger partial charge on any atom is 0.253 e. The summed E-state index contributed by atoms with van der Waals surface area (Å²) >= 11 is 0. The van der Waals surface area contributed by atoms with E-state index in [-0.39, 0.29) is 5.91 Å². The van der Waals surface area contributed by atoms with Gasteiger partial charge in [0.1, 0.15) is 5.75 Å². The molecule has 5 rings (SSSR count). The molecule has 3 aliphatic heterocycles. The smallest absolute Gasteiger partial charge is 0.253 e. The summed E-state index contributed by atoms with van der Waals surface area (Å²) in [5, 5.41) is 5.91. The van der Waals surface area contributed by atoms with E-state index >= 15 is 0 Å². The van der Waals surface area contributed by atoms with Crippen LogP contribution in [-0.2, 0) is 0 Å². The van der Waals surface area contributed by atoms with Gasteiger partial charge in [0.2, 0.25) is 0 Å². The largest absolute Gasteiger partial charge is 0.494 e. The number of nitrogens with zero attached hydrogens (tertiary/aromatic N) is 2. The number of carbonyl (C=O) groups is 1. The predicted molar refractivity (Wildman–Crippen MR) is 134 cm³/mol. The van der Waals surface area contributed by atoms with Gasteiger partial charge in [0.05, 0.1) is 6.61 Å². The van der Waals surface area contributed by atoms with E-state index in [2.05, 4.69) is 33.3 Å². The Bertz CT molecular complexity index is 934. The second kappa shape index (κ2) is 10.9. The number of piperidine rings is 2. The molecule has 33 heavy (non-hydrogen) atoms. The molecule has 0 aliphatic carbocycles. The number of likely N-dealkylation sites (tertiary alicyclic amines) is 2. The van der Waals surface area contributed by atoms with Crippen molar-refractivity contribution < 1.29 is 9.53 Å². The third kappa shape index (κ3) is 5.70. The zero-order chi connectivity index (χ0) is 22.5. The Kier molecular flexibility index (Phi) is 7.47. The molecular formula is C28H39N3O2. The van der Waals surface area contributed by atoms with Gasteiger partial charge in [0.15, 0.2) is 0 Å². The maximum atomic E-state index is 13.2. The molecular weight excluding hydrogens is 410 g/mol. The Morgan fingerprint density at radius 2 is 1.79 bits per heavy atom. The normalized spacial score (nSPS) is 24.3. The number of carbonyl (C=O) groups excluding carboxylic acids is 1. The lowest BCUT2D eigenvalue weighted by atomic mass is 9.91. The third-order valence-electron chi connectivity index (χ3n) is 7.82. The molecule has 3 saturated heterocycles. The van der Waals surface area contributed by atoms with Gasteiger partial charge in [0, 0.05) is 31.2 Å². The van der Waals surface area contributed by atoms with Crippen molar-refractivity contribution in [1.82, 2.24) is 15.1 Å². The monoisotopic (exact) mass is 449 g/mol. The van der Waals surface area contributed by atoms with Crippen molar-refractivity contribution in [2.45, 2.75) is 57.4 Å². The van der Waals surface area contributed by atoms with Gasteiger partial charge in [-0.3, -0.25) is 4.79 Å². The summed E-state index contributed by atoms with van der Waals surface area (Å²) in [5.41, 5.74) is 0.801. The molecule has 2 atom stereocenters. The highest BCUT2D eigenvalue weighted by atomic mass is 16.5. The van der Waals surface area contributed by atoms with Gasteiger partial charge in [-0.05, 0) is 99.1 Å². The summed E-state index contributed by atoms with van der Waals surface area (Å²) < 4.78 is 6.03. The van der Waals surface area contributed by atoms with E-state index in [0.29, 0.717) is 12.0 Å². The van der Waals surface area contributed by atoms with Gasteiger partial charge in [-0.1, -0.05) is 25.0 Å². The van der Waals surface area contributed by atoms with E-state index in [0.717, 1.165) is 67.7 Å². The first kappa shape index (κ1) is 22.7. The number of nitrogens with one attached hydrogen (secondary N) is 1. The summed E-state index contributed by atoms with van der Waals surface area (Å²) in [4.78, 5) is 17.8. The van der Waals surface area contributed by atoms with Crippen molar-refractivity contribution in [3.63, 3.8) is 0 Å². The minimum atomic E-state index is 0.174. The number of rotatable bonds is 7. The Morgan fingerprint density at radius 3 is 2.64 bits per heavy atom. The summed E-state index contributed by atoms with van der Waals surface area (Å²) in [7, 11) is 0. The van der Waals surface area contributed by atoms with Crippen LogP contribution >= 0.6 is 0 Å². The SMILES string of the molecule is O=C(c1ccc2cc(OCCCN3CCCCC3)ccc2c1)N1CCC(C2CCCCN2)C1. The van der Waals surface area contributed by atoms with Crippen LogP contribution in [0.25, 0.3) is 10.8 Å². The van der Waals surface area contributed by atoms with E-state index in [4.69, 9.17) is 4.74 Å². The number of hydrogen-bond acceptors (Lipinski definition) is 4. The Hall–Kier alpha value is -2.11. The molecule has 5 heteroatoms. The van der Waals surface area contributed by atoms with Crippen LogP contribution in [0.5, 0.6) is 5.75 Å². The van der Waals surface area contributed by atoms with Crippen molar-refractivity contribution in [3.05, 3.63) is 42.0 Å². The molecule has 3 heterocycles. The van der Waals surface area contributed by atoms with Crippen molar-refractivity contribution in [2.24, 2.45) is 5.92 Å². The summed E-state index contributed by atoms with van der Waals surface area (Å²) in [6.45, 7) is 7.27. The topological polar surface area (TPSA) is 44.8 Å². The highest BCUT2D eigenvalue weighted by molar-refractivity contribution is 5.99. The van der Waals surface area contributed by atoms with E-state index in [9.17, 15) is 4.79 Å². The number of ether oxygens (including phenoxy) is 1. The Morgan fingerprint density at radius 1 is 0.939 bits per heavy atom. The van der Waals surface area contributed by atoms with Crippen LogP contribution in [-0.4, -0.2) is 67.6 Å². The molecule has 2 unspecified atom stereocenters. The fourth-order valence-corrected chi connectivity index (χ4v) is 5.87. The van der Waals surface area contributed by atoms with E-state index < -0.39 is 0 Å². The lowest BCUT2D eigenvalue weighted by Gasteiger charge is -2.28. The summed E-state index contributed by atoms with van der Waals surface area (Å²) in [6.07, 6.45) is 10.1. The van der Waals surface area contributed by atoms with Gasteiger partial charge in [-0.15, -0.1) is 0 Å². The second-order valence-electron chi connectivity index (χ2n) is 10.2. The molecule has 0 bridgehead atoms. The van der Waals surface area contributed by atoms with Crippen molar-refractivity contribution in [3.8, 4) is 5.75 Å². The van der Waals surface area contributed by atoms with Gasteiger partial charge in [-0.25, -0.2) is 0 Å². The molecule has 3 aliphatic rings. The average molecular weight is 450 g/mol. The van der Waals surface area contributed by atoms with Crippen LogP contribution in [0.1, 0.15) is 61.7 Å². The van der Waals surface area contributed by atoms with Crippen LogP contribution in [0, 0.1) is 5.92 Å². The molecule has 0 radical (unpaired) electrons. The number of amides is 1. The first-order valence-corrected chi connectivity index (χ1v) is 13.2. The molecule has 1 amide bonds. The molecule has 5 nitrogen and oxygen atoms in total. The highest BCUT2D eigenvalue weighted by Crippen LogP contribution is 2.27.